The monoisotopic (exact) mass is 156 g/mol. The molecule has 64 valence electrons. The number of carbonyl (C=O) groups is 1. The smallest absolute Gasteiger partial charge is 0.119 e. The van der Waals surface area contributed by atoms with Crippen molar-refractivity contribution in [2.45, 2.75) is 38.2 Å². The topological polar surface area (TPSA) is 37.3 Å². The van der Waals surface area contributed by atoms with Crippen LogP contribution in [0.3, 0.4) is 0 Å². The summed E-state index contributed by atoms with van der Waals surface area (Å²) in [6.45, 7) is 3.53. The summed E-state index contributed by atoms with van der Waals surface area (Å²) in [5, 5.41) is 9.19. The number of hydrogen-bond donors (Lipinski definition) is 1. The molecule has 0 amide bonds. The van der Waals surface area contributed by atoms with Gasteiger partial charge in [0.1, 0.15) is 6.29 Å². The lowest BCUT2D eigenvalue weighted by Gasteiger charge is -2.05. The molecule has 0 fully saturated rings. The normalized spacial score (nSPS) is 12.5. The Hall–Kier alpha value is -0.630. The van der Waals surface area contributed by atoms with E-state index in [1.54, 1.807) is 6.08 Å². The first kappa shape index (κ1) is 10.4. The molecule has 1 atom stereocenters. The van der Waals surface area contributed by atoms with E-state index < -0.39 is 0 Å². The number of aliphatic hydroxyl groups is 1. The second-order valence-electron chi connectivity index (χ2n) is 2.63. The van der Waals surface area contributed by atoms with Crippen molar-refractivity contribution in [1.82, 2.24) is 0 Å². The summed E-state index contributed by atoms with van der Waals surface area (Å²) in [5.41, 5.74) is 0. The highest BCUT2D eigenvalue weighted by Crippen LogP contribution is 2.05. The Morgan fingerprint density at radius 1 is 1.45 bits per heavy atom. The molecule has 0 saturated heterocycles. The van der Waals surface area contributed by atoms with Crippen molar-refractivity contribution in [1.29, 1.82) is 0 Å². The highest BCUT2D eigenvalue weighted by atomic mass is 16.3. The van der Waals surface area contributed by atoms with Crippen LogP contribution in [-0.4, -0.2) is 17.5 Å². The molecule has 0 aromatic rings. The molecule has 0 aromatic heterocycles. The largest absolute Gasteiger partial charge is 0.393 e. The van der Waals surface area contributed by atoms with Crippen LogP contribution in [0.15, 0.2) is 12.7 Å². The van der Waals surface area contributed by atoms with Gasteiger partial charge in [0.2, 0.25) is 0 Å². The lowest BCUT2D eigenvalue weighted by atomic mass is 10.1. The van der Waals surface area contributed by atoms with Gasteiger partial charge < -0.3 is 9.90 Å². The van der Waals surface area contributed by atoms with Crippen LogP contribution in [0.4, 0.5) is 0 Å². The Morgan fingerprint density at radius 3 is 2.73 bits per heavy atom. The van der Waals surface area contributed by atoms with Gasteiger partial charge in [0, 0.05) is 6.42 Å². The molecule has 0 heterocycles. The third-order valence-electron chi connectivity index (χ3n) is 1.55. The highest BCUT2D eigenvalue weighted by Gasteiger charge is 1.99. The zero-order chi connectivity index (χ0) is 8.53. The summed E-state index contributed by atoms with van der Waals surface area (Å²) >= 11 is 0. The second kappa shape index (κ2) is 7.48. The maximum absolute atomic E-state index is 9.90. The first-order chi connectivity index (χ1) is 5.31. The van der Waals surface area contributed by atoms with E-state index in [2.05, 4.69) is 6.58 Å². The standard InChI is InChI=1S/C9H16O2/c1-2-6-9(11)7-4-3-5-8-10/h2,8-9,11H,1,3-7H2. The molecule has 11 heavy (non-hydrogen) atoms. The van der Waals surface area contributed by atoms with Gasteiger partial charge in [-0.3, -0.25) is 0 Å². The van der Waals surface area contributed by atoms with E-state index in [1.165, 1.54) is 0 Å². The van der Waals surface area contributed by atoms with Gasteiger partial charge in [0.15, 0.2) is 0 Å². The molecular formula is C9H16O2. The summed E-state index contributed by atoms with van der Waals surface area (Å²) in [4.78, 5) is 9.90. The van der Waals surface area contributed by atoms with Crippen LogP contribution in [0, 0.1) is 0 Å². The molecule has 2 heteroatoms. The molecule has 0 saturated carbocycles. The molecule has 0 aliphatic carbocycles. The van der Waals surface area contributed by atoms with Crippen molar-refractivity contribution in [3.63, 3.8) is 0 Å². The predicted molar refractivity (Wildman–Crippen MR) is 45.4 cm³/mol. The zero-order valence-electron chi connectivity index (χ0n) is 6.83. The number of hydrogen-bond acceptors (Lipinski definition) is 2. The maximum Gasteiger partial charge on any atom is 0.119 e. The van der Waals surface area contributed by atoms with Gasteiger partial charge >= 0.3 is 0 Å². The van der Waals surface area contributed by atoms with Crippen LogP contribution >= 0.6 is 0 Å². The quantitative estimate of drug-likeness (QED) is 0.346. The molecule has 1 N–H and O–H groups in total. The van der Waals surface area contributed by atoms with Gasteiger partial charge in [-0.25, -0.2) is 0 Å². The average Bonchev–Trinajstić information content (AvgIpc) is 1.99. The van der Waals surface area contributed by atoms with Crippen molar-refractivity contribution < 1.29 is 9.90 Å². The van der Waals surface area contributed by atoms with Gasteiger partial charge in [-0.15, -0.1) is 6.58 Å². The molecule has 0 aliphatic heterocycles. The molecule has 0 aromatic carbocycles. The second-order valence-corrected chi connectivity index (χ2v) is 2.63. The minimum absolute atomic E-state index is 0.265. The Bertz CT molecular complexity index is 110. The Balaban J connectivity index is 3.09. The van der Waals surface area contributed by atoms with Crippen LogP contribution in [0.25, 0.3) is 0 Å². The van der Waals surface area contributed by atoms with Crippen molar-refractivity contribution in [3.05, 3.63) is 12.7 Å². The summed E-state index contributed by atoms with van der Waals surface area (Å²) in [7, 11) is 0. The molecule has 2 nitrogen and oxygen atoms in total. The van der Waals surface area contributed by atoms with Crippen LogP contribution in [0.2, 0.25) is 0 Å². The minimum atomic E-state index is -0.265. The lowest BCUT2D eigenvalue weighted by molar-refractivity contribution is -0.107. The van der Waals surface area contributed by atoms with Gasteiger partial charge in [-0.2, -0.15) is 0 Å². The van der Waals surface area contributed by atoms with E-state index in [1.807, 2.05) is 0 Å². The Labute approximate surface area is 67.9 Å². The van der Waals surface area contributed by atoms with Crippen LogP contribution in [0.1, 0.15) is 32.1 Å². The van der Waals surface area contributed by atoms with Crippen LogP contribution < -0.4 is 0 Å². The molecule has 0 rings (SSSR count). The zero-order valence-corrected chi connectivity index (χ0v) is 6.83. The van der Waals surface area contributed by atoms with Crippen LogP contribution in [0.5, 0.6) is 0 Å². The van der Waals surface area contributed by atoms with Crippen LogP contribution in [-0.2, 0) is 4.79 Å². The number of aliphatic hydroxyl groups excluding tert-OH is 1. The van der Waals surface area contributed by atoms with Gasteiger partial charge in [0.25, 0.3) is 0 Å². The number of carbonyl (C=O) groups excluding carboxylic acids is 1. The predicted octanol–water partition coefficient (Wildman–Crippen LogP) is 1.68. The third kappa shape index (κ3) is 7.26. The first-order valence-corrected chi connectivity index (χ1v) is 4.04. The fraction of sp³-hybridized carbons (Fsp3) is 0.667. The highest BCUT2D eigenvalue weighted by molar-refractivity contribution is 5.48. The molecule has 0 spiro atoms. The third-order valence-corrected chi connectivity index (χ3v) is 1.55. The van der Waals surface area contributed by atoms with E-state index in [4.69, 9.17) is 0 Å². The van der Waals surface area contributed by atoms with Gasteiger partial charge in [0.05, 0.1) is 6.10 Å². The summed E-state index contributed by atoms with van der Waals surface area (Å²) < 4.78 is 0. The molecular weight excluding hydrogens is 140 g/mol. The van der Waals surface area contributed by atoms with Gasteiger partial charge in [-0.1, -0.05) is 12.5 Å². The molecule has 0 bridgehead atoms. The van der Waals surface area contributed by atoms with E-state index in [0.29, 0.717) is 12.8 Å². The van der Waals surface area contributed by atoms with Crippen molar-refractivity contribution >= 4 is 6.29 Å². The summed E-state index contributed by atoms with van der Waals surface area (Å²) in [5.74, 6) is 0. The van der Waals surface area contributed by atoms with E-state index in [9.17, 15) is 9.90 Å². The molecule has 0 radical (unpaired) electrons. The Morgan fingerprint density at radius 2 is 2.18 bits per heavy atom. The number of aldehydes is 1. The minimum Gasteiger partial charge on any atom is -0.393 e. The summed E-state index contributed by atoms with van der Waals surface area (Å²) in [6, 6.07) is 0. The van der Waals surface area contributed by atoms with Crippen molar-refractivity contribution in [3.8, 4) is 0 Å². The number of unbranched alkanes of at least 4 members (excludes halogenated alkanes) is 2. The average molecular weight is 156 g/mol. The van der Waals surface area contributed by atoms with Gasteiger partial charge in [-0.05, 0) is 19.3 Å². The lowest BCUT2D eigenvalue weighted by Crippen LogP contribution is -2.03. The number of rotatable bonds is 7. The van der Waals surface area contributed by atoms with E-state index in [0.717, 1.165) is 25.5 Å². The fourth-order valence-electron chi connectivity index (χ4n) is 0.918. The SMILES string of the molecule is C=CCC(O)CCCCC=O. The molecule has 1 unspecified atom stereocenters. The molecule has 0 aliphatic rings. The Kier molecular flexibility index (Phi) is 7.05. The maximum atomic E-state index is 9.90. The van der Waals surface area contributed by atoms with E-state index in [-0.39, 0.29) is 6.10 Å². The van der Waals surface area contributed by atoms with Crippen molar-refractivity contribution in [2.24, 2.45) is 0 Å². The van der Waals surface area contributed by atoms with E-state index >= 15 is 0 Å². The first-order valence-electron chi connectivity index (χ1n) is 4.04. The fourth-order valence-corrected chi connectivity index (χ4v) is 0.918. The summed E-state index contributed by atoms with van der Waals surface area (Å²) in [6.07, 6.45) is 6.22. The van der Waals surface area contributed by atoms with Crippen molar-refractivity contribution in [2.75, 3.05) is 0 Å².